The predicted molar refractivity (Wildman–Crippen MR) is 66.5 cm³/mol. The van der Waals surface area contributed by atoms with Crippen molar-refractivity contribution in [3.63, 3.8) is 0 Å². The summed E-state index contributed by atoms with van der Waals surface area (Å²) in [5.41, 5.74) is 2.42. The Bertz CT molecular complexity index is 549. The normalized spacial score (nSPS) is 12.8. The van der Waals surface area contributed by atoms with E-state index in [9.17, 15) is 5.11 Å². The lowest BCUT2D eigenvalue weighted by Gasteiger charge is -2.07. The number of rotatable bonds is 2. The second-order valence-electron chi connectivity index (χ2n) is 4.02. The summed E-state index contributed by atoms with van der Waals surface area (Å²) in [6, 6.07) is 3.59. The third-order valence-electron chi connectivity index (χ3n) is 2.67. The van der Waals surface area contributed by atoms with Crippen molar-refractivity contribution in [1.82, 2.24) is 14.8 Å². The number of aliphatic hydroxyl groups excluding tert-OH is 1. The quantitative estimate of drug-likeness (QED) is 0.893. The van der Waals surface area contributed by atoms with Crippen molar-refractivity contribution in [1.29, 1.82) is 0 Å². The first kappa shape index (κ1) is 12.1. The molecule has 2 aromatic heterocycles. The summed E-state index contributed by atoms with van der Waals surface area (Å²) in [5.74, 6) is 0.663. The van der Waals surface area contributed by atoms with Gasteiger partial charge in [-0.1, -0.05) is 11.6 Å². The summed E-state index contributed by atoms with van der Waals surface area (Å²) in [6.45, 7) is 5.46. The lowest BCUT2D eigenvalue weighted by Crippen LogP contribution is -2.03. The van der Waals surface area contributed by atoms with Crippen molar-refractivity contribution in [2.24, 2.45) is 0 Å². The van der Waals surface area contributed by atoms with Gasteiger partial charge >= 0.3 is 0 Å². The molecule has 17 heavy (non-hydrogen) atoms. The minimum Gasteiger partial charge on any atom is -0.389 e. The Labute approximate surface area is 105 Å². The summed E-state index contributed by atoms with van der Waals surface area (Å²) in [5, 5.41) is 14.5. The summed E-state index contributed by atoms with van der Waals surface area (Å²) < 4.78 is 1.68. The van der Waals surface area contributed by atoms with Crippen LogP contribution in [0.3, 0.4) is 0 Å². The van der Waals surface area contributed by atoms with Crippen LogP contribution in [0.4, 0.5) is 0 Å². The van der Waals surface area contributed by atoms with E-state index in [1.165, 1.54) is 0 Å². The second kappa shape index (κ2) is 4.47. The van der Waals surface area contributed by atoms with Gasteiger partial charge in [-0.05, 0) is 38.5 Å². The fraction of sp³-hybridized carbons (Fsp3) is 0.333. The monoisotopic (exact) mass is 251 g/mol. The van der Waals surface area contributed by atoms with Crippen LogP contribution in [0.1, 0.15) is 30.0 Å². The fourth-order valence-corrected chi connectivity index (χ4v) is 1.77. The highest BCUT2D eigenvalue weighted by atomic mass is 35.5. The summed E-state index contributed by atoms with van der Waals surface area (Å²) in [4.78, 5) is 4.24. The van der Waals surface area contributed by atoms with Crippen LogP contribution in [0.2, 0.25) is 5.02 Å². The zero-order chi connectivity index (χ0) is 12.6. The van der Waals surface area contributed by atoms with Gasteiger partial charge in [0.2, 0.25) is 0 Å². The first-order valence-electron chi connectivity index (χ1n) is 5.37. The lowest BCUT2D eigenvalue weighted by molar-refractivity contribution is 0.199. The Morgan fingerprint density at radius 1 is 1.41 bits per heavy atom. The van der Waals surface area contributed by atoms with Crippen LogP contribution in [-0.4, -0.2) is 19.9 Å². The van der Waals surface area contributed by atoms with Gasteiger partial charge in [0.25, 0.3) is 0 Å². The highest BCUT2D eigenvalue weighted by molar-refractivity contribution is 6.31. The molecule has 0 saturated heterocycles. The number of hydrogen-bond acceptors (Lipinski definition) is 3. The molecule has 0 bridgehead atoms. The van der Waals surface area contributed by atoms with Crippen LogP contribution in [0, 0.1) is 13.8 Å². The zero-order valence-electron chi connectivity index (χ0n) is 9.98. The molecular weight excluding hydrogens is 238 g/mol. The SMILES string of the molecule is Cc1nn(-c2cc(C(C)O)ccn2)c(C)c1Cl. The maximum Gasteiger partial charge on any atom is 0.153 e. The highest BCUT2D eigenvalue weighted by Gasteiger charge is 2.12. The van der Waals surface area contributed by atoms with Gasteiger partial charge in [-0.15, -0.1) is 0 Å². The molecule has 2 rings (SSSR count). The Balaban J connectivity index is 2.53. The van der Waals surface area contributed by atoms with E-state index >= 15 is 0 Å². The van der Waals surface area contributed by atoms with Crippen molar-refractivity contribution >= 4 is 11.6 Å². The highest BCUT2D eigenvalue weighted by Crippen LogP contribution is 2.22. The van der Waals surface area contributed by atoms with Crippen molar-refractivity contribution in [3.8, 4) is 5.82 Å². The lowest BCUT2D eigenvalue weighted by atomic mass is 10.2. The number of nitrogens with zero attached hydrogens (tertiary/aromatic N) is 3. The summed E-state index contributed by atoms with van der Waals surface area (Å²) >= 11 is 6.09. The van der Waals surface area contributed by atoms with Crippen LogP contribution in [0.5, 0.6) is 0 Å². The number of halogens is 1. The van der Waals surface area contributed by atoms with Crippen molar-refractivity contribution in [3.05, 3.63) is 40.3 Å². The maximum atomic E-state index is 9.54. The van der Waals surface area contributed by atoms with E-state index in [2.05, 4.69) is 10.1 Å². The molecule has 1 N–H and O–H groups in total. The van der Waals surface area contributed by atoms with Gasteiger partial charge in [-0.25, -0.2) is 9.67 Å². The average Bonchev–Trinajstić information content (AvgIpc) is 2.57. The van der Waals surface area contributed by atoms with Crippen LogP contribution in [0.15, 0.2) is 18.3 Å². The van der Waals surface area contributed by atoms with E-state index in [-0.39, 0.29) is 0 Å². The van der Waals surface area contributed by atoms with E-state index in [1.54, 1.807) is 29.9 Å². The van der Waals surface area contributed by atoms with E-state index in [4.69, 9.17) is 11.6 Å². The molecule has 0 spiro atoms. The smallest absolute Gasteiger partial charge is 0.153 e. The largest absolute Gasteiger partial charge is 0.389 e. The minimum atomic E-state index is -0.524. The van der Waals surface area contributed by atoms with E-state index in [0.29, 0.717) is 10.8 Å². The van der Waals surface area contributed by atoms with Gasteiger partial charge in [0, 0.05) is 6.20 Å². The minimum absolute atomic E-state index is 0.524. The number of pyridine rings is 1. The Morgan fingerprint density at radius 2 is 2.12 bits per heavy atom. The molecule has 5 heteroatoms. The molecule has 0 aromatic carbocycles. The molecule has 0 saturated carbocycles. The zero-order valence-corrected chi connectivity index (χ0v) is 10.7. The average molecular weight is 252 g/mol. The predicted octanol–water partition coefficient (Wildman–Crippen LogP) is 2.59. The number of aliphatic hydroxyl groups is 1. The molecule has 0 fully saturated rings. The molecule has 0 amide bonds. The topological polar surface area (TPSA) is 50.9 Å². The van der Waals surface area contributed by atoms with Gasteiger partial charge in [0.1, 0.15) is 0 Å². The number of hydrogen-bond donors (Lipinski definition) is 1. The molecule has 2 aromatic rings. The van der Waals surface area contributed by atoms with E-state index in [1.807, 2.05) is 13.8 Å². The molecule has 1 atom stereocenters. The van der Waals surface area contributed by atoms with Crippen LogP contribution < -0.4 is 0 Å². The van der Waals surface area contributed by atoms with Gasteiger partial charge < -0.3 is 5.11 Å². The van der Waals surface area contributed by atoms with E-state index < -0.39 is 6.10 Å². The molecule has 2 heterocycles. The van der Waals surface area contributed by atoms with Crippen molar-refractivity contribution in [2.45, 2.75) is 26.9 Å². The Kier molecular flexibility index (Phi) is 3.17. The van der Waals surface area contributed by atoms with Crippen LogP contribution in [-0.2, 0) is 0 Å². The van der Waals surface area contributed by atoms with Gasteiger partial charge in [-0.2, -0.15) is 5.10 Å². The maximum absolute atomic E-state index is 9.54. The number of aromatic nitrogens is 3. The summed E-state index contributed by atoms with van der Waals surface area (Å²) in [7, 11) is 0. The molecule has 0 aliphatic carbocycles. The van der Waals surface area contributed by atoms with Crippen LogP contribution in [0.25, 0.3) is 5.82 Å². The molecular formula is C12H14ClN3O. The molecule has 0 aliphatic rings. The Hall–Kier alpha value is -1.39. The standard InChI is InChI=1S/C12H14ClN3O/c1-7-12(13)8(2)16(15-7)11-6-10(9(3)17)4-5-14-11/h4-6,9,17H,1-3H3. The van der Waals surface area contributed by atoms with Crippen LogP contribution >= 0.6 is 11.6 Å². The molecule has 4 nitrogen and oxygen atoms in total. The van der Waals surface area contributed by atoms with E-state index in [0.717, 1.165) is 17.0 Å². The molecule has 90 valence electrons. The van der Waals surface area contributed by atoms with Gasteiger partial charge in [-0.3, -0.25) is 0 Å². The third-order valence-corrected chi connectivity index (χ3v) is 3.22. The molecule has 1 unspecified atom stereocenters. The third kappa shape index (κ3) is 2.18. The Morgan fingerprint density at radius 3 is 2.65 bits per heavy atom. The first-order valence-corrected chi connectivity index (χ1v) is 5.74. The van der Waals surface area contributed by atoms with Crippen molar-refractivity contribution in [2.75, 3.05) is 0 Å². The molecule has 0 radical (unpaired) electrons. The second-order valence-corrected chi connectivity index (χ2v) is 4.40. The fourth-order valence-electron chi connectivity index (χ4n) is 1.66. The molecule has 0 aliphatic heterocycles. The van der Waals surface area contributed by atoms with Crippen molar-refractivity contribution < 1.29 is 5.11 Å². The van der Waals surface area contributed by atoms with Gasteiger partial charge in [0.05, 0.1) is 22.5 Å². The number of aryl methyl sites for hydroxylation is 1. The van der Waals surface area contributed by atoms with Gasteiger partial charge in [0.15, 0.2) is 5.82 Å². The first-order chi connectivity index (χ1) is 8.00. The summed E-state index contributed by atoms with van der Waals surface area (Å²) in [6.07, 6.45) is 1.13.